The monoisotopic (exact) mass is 176 g/mol. The second-order valence-corrected chi connectivity index (χ2v) is 3.95. The van der Waals surface area contributed by atoms with Gasteiger partial charge in [0.2, 0.25) is 0 Å². The van der Waals surface area contributed by atoms with E-state index in [1.165, 1.54) is 0 Å². The van der Waals surface area contributed by atoms with E-state index in [-0.39, 0.29) is 12.6 Å². The summed E-state index contributed by atoms with van der Waals surface area (Å²) in [5.41, 5.74) is -0.443. The molecule has 0 aromatic heterocycles. The van der Waals surface area contributed by atoms with Gasteiger partial charge in [0.15, 0.2) is 0 Å². The fourth-order valence-corrected chi connectivity index (χ4v) is 1.65. The Labute approximate surface area is 72.7 Å². The van der Waals surface area contributed by atoms with Gasteiger partial charge in [0.25, 0.3) is 0 Å². The van der Waals surface area contributed by atoms with E-state index in [0.717, 1.165) is 6.42 Å². The fourth-order valence-electron chi connectivity index (χ4n) is 1.65. The summed E-state index contributed by atoms with van der Waals surface area (Å²) in [7, 11) is 0. The molecule has 1 N–H and O–H groups in total. The van der Waals surface area contributed by atoms with Crippen LogP contribution in [-0.2, 0) is 4.74 Å². The Kier molecular flexibility index (Phi) is 3.07. The van der Waals surface area contributed by atoms with Crippen molar-refractivity contribution in [1.29, 1.82) is 0 Å². The van der Waals surface area contributed by atoms with Gasteiger partial charge >= 0.3 is 0 Å². The SMILES string of the molecule is CC1(C)OCC(CCCF)C1O. The largest absolute Gasteiger partial charge is 0.390 e. The Morgan fingerprint density at radius 1 is 1.58 bits per heavy atom. The molecule has 72 valence electrons. The molecule has 12 heavy (non-hydrogen) atoms. The molecule has 0 amide bonds. The van der Waals surface area contributed by atoms with Gasteiger partial charge in [0.05, 0.1) is 25.0 Å². The van der Waals surface area contributed by atoms with Crippen LogP contribution in [0, 0.1) is 5.92 Å². The molecule has 1 aliphatic heterocycles. The quantitative estimate of drug-likeness (QED) is 0.706. The average molecular weight is 176 g/mol. The van der Waals surface area contributed by atoms with Crippen molar-refractivity contribution in [3.8, 4) is 0 Å². The smallest absolute Gasteiger partial charge is 0.0894 e. The maximum Gasteiger partial charge on any atom is 0.0894 e. The van der Waals surface area contributed by atoms with Gasteiger partial charge < -0.3 is 9.84 Å². The minimum atomic E-state index is -0.443. The molecule has 2 nitrogen and oxygen atoms in total. The van der Waals surface area contributed by atoms with Crippen molar-refractivity contribution in [2.24, 2.45) is 5.92 Å². The second-order valence-electron chi connectivity index (χ2n) is 3.95. The number of halogens is 1. The molecule has 1 rings (SSSR count). The first-order valence-corrected chi connectivity index (χ1v) is 4.46. The first kappa shape index (κ1) is 9.93. The normalized spacial score (nSPS) is 34.0. The molecule has 1 fully saturated rings. The number of ether oxygens (including phenoxy) is 1. The van der Waals surface area contributed by atoms with Crippen LogP contribution in [0.4, 0.5) is 4.39 Å². The highest BCUT2D eigenvalue weighted by molar-refractivity contribution is 4.90. The third-order valence-electron chi connectivity index (χ3n) is 2.54. The molecule has 0 aromatic carbocycles. The fraction of sp³-hybridized carbons (Fsp3) is 1.00. The first-order valence-electron chi connectivity index (χ1n) is 4.46. The molecule has 0 bridgehead atoms. The lowest BCUT2D eigenvalue weighted by molar-refractivity contribution is -0.0314. The van der Waals surface area contributed by atoms with E-state index in [1.807, 2.05) is 13.8 Å². The summed E-state index contributed by atoms with van der Waals surface area (Å²) in [5.74, 6) is 0.121. The summed E-state index contributed by atoms with van der Waals surface area (Å²) in [6.07, 6.45) is 0.812. The van der Waals surface area contributed by atoms with E-state index in [2.05, 4.69) is 0 Å². The minimum absolute atomic E-state index is 0.121. The summed E-state index contributed by atoms with van der Waals surface area (Å²) in [4.78, 5) is 0. The van der Waals surface area contributed by atoms with Crippen LogP contribution in [0.2, 0.25) is 0 Å². The van der Waals surface area contributed by atoms with Crippen molar-refractivity contribution in [2.45, 2.75) is 38.4 Å². The van der Waals surface area contributed by atoms with Crippen LogP contribution in [-0.4, -0.2) is 30.1 Å². The van der Waals surface area contributed by atoms with Gasteiger partial charge in [-0.1, -0.05) is 0 Å². The maximum atomic E-state index is 11.8. The predicted octanol–water partition coefficient (Wildman–Crippen LogP) is 1.52. The lowest BCUT2D eigenvalue weighted by atomic mass is 9.91. The highest BCUT2D eigenvalue weighted by Crippen LogP contribution is 2.32. The summed E-state index contributed by atoms with van der Waals surface area (Å²) in [6, 6.07) is 0. The van der Waals surface area contributed by atoms with Gasteiger partial charge in [0, 0.05) is 5.92 Å². The maximum absolute atomic E-state index is 11.8. The molecule has 2 unspecified atom stereocenters. The predicted molar refractivity (Wildman–Crippen MR) is 44.7 cm³/mol. The first-order chi connectivity index (χ1) is 5.58. The van der Waals surface area contributed by atoms with Crippen LogP contribution in [0.25, 0.3) is 0 Å². The zero-order valence-electron chi connectivity index (χ0n) is 7.72. The zero-order valence-corrected chi connectivity index (χ0v) is 7.72. The standard InChI is InChI=1S/C9H17FO2/c1-9(2)8(11)7(6-12-9)4-3-5-10/h7-8,11H,3-6H2,1-2H3. The molecule has 0 aromatic rings. The number of aliphatic hydroxyl groups excluding tert-OH is 1. The van der Waals surface area contributed by atoms with Gasteiger partial charge in [-0.05, 0) is 26.7 Å². The third kappa shape index (κ3) is 1.96. The van der Waals surface area contributed by atoms with E-state index < -0.39 is 11.7 Å². The zero-order chi connectivity index (χ0) is 9.19. The highest BCUT2D eigenvalue weighted by Gasteiger charge is 2.41. The van der Waals surface area contributed by atoms with Gasteiger partial charge in [0.1, 0.15) is 0 Å². The minimum Gasteiger partial charge on any atom is -0.390 e. The van der Waals surface area contributed by atoms with E-state index in [9.17, 15) is 9.50 Å². The molecule has 3 heteroatoms. The van der Waals surface area contributed by atoms with Crippen LogP contribution in [0.1, 0.15) is 26.7 Å². The number of hydrogen-bond acceptors (Lipinski definition) is 2. The van der Waals surface area contributed by atoms with Crippen molar-refractivity contribution in [2.75, 3.05) is 13.3 Å². The van der Waals surface area contributed by atoms with Crippen molar-refractivity contribution in [3.63, 3.8) is 0 Å². The summed E-state index contributed by atoms with van der Waals surface area (Å²) in [6.45, 7) is 4.00. The Bertz CT molecular complexity index is 147. The highest BCUT2D eigenvalue weighted by atomic mass is 19.1. The average Bonchev–Trinajstić information content (AvgIpc) is 2.26. The van der Waals surface area contributed by atoms with Gasteiger partial charge in [-0.15, -0.1) is 0 Å². The van der Waals surface area contributed by atoms with Crippen LogP contribution in [0.15, 0.2) is 0 Å². The van der Waals surface area contributed by atoms with Gasteiger partial charge in [-0.2, -0.15) is 0 Å². The van der Waals surface area contributed by atoms with Crippen LogP contribution >= 0.6 is 0 Å². The molecule has 0 radical (unpaired) electrons. The van der Waals surface area contributed by atoms with Crippen molar-refractivity contribution < 1.29 is 14.2 Å². The lowest BCUT2D eigenvalue weighted by Gasteiger charge is -2.23. The molecule has 0 saturated carbocycles. The Hall–Kier alpha value is -0.150. The van der Waals surface area contributed by atoms with E-state index in [1.54, 1.807) is 0 Å². The molecule has 2 atom stereocenters. The molecular weight excluding hydrogens is 159 g/mol. The van der Waals surface area contributed by atoms with Gasteiger partial charge in [-0.25, -0.2) is 0 Å². The summed E-state index contributed by atoms with van der Waals surface area (Å²) in [5, 5.41) is 9.70. The lowest BCUT2D eigenvalue weighted by Crippen LogP contribution is -2.35. The van der Waals surface area contributed by atoms with E-state index in [4.69, 9.17) is 4.74 Å². The van der Waals surface area contributed by atoms with Gasteiger partial charge in [-0.3, -0.25) is 4.39 Å². The molecule has 1 saturated heterocycles. The topological polar surface area (TPSA) is 29.5 Å². The number of hydrogen-bond donors (Lipinski definition) is 1. The molecule has 1 heterocycles. The number of rotatable bonds is 3. The van der Waals surface area contributed by atoms with E-state index >= 15 is 0 Å². The third-order valence-corrected chi connectivity index (χ3v) is 2.54. The Morgan fingerprint density at radius 2 is 2.25 bits per heavy atom. The number of aliphatic hydroxyl groups is 1. The van der Waals surface area contributed by atoms with Crippen LogP contribution in [0.3, 0.4) is 0 Å². The van der Waals surface area contributed by atoms with Crippen molar-refractivity contribution in [3.05, 3.63) is 0 Å². The summed E-state index contributed by atoms with van der Waals surface area (Å²) < 4.78 is 17.2. The van der Waals surface area contributed by atoms with Crippen molar-refractivity contribution >= 4 is 0 Å². The Balaban J connectivity index is 2.39. The van der Waals surface area contributed by atoms with Crippen LogP contribution in [0.5, 0.6) is 0 Å². The van der Waals surface area contributed by atoms with E-state index in [0.29, 0.717) is 13.0 Å². The molecular formula is C9H17FO2. The molecule has 0 spiro atoms. The summed E-state index contributed by atoms with van der Waals surface area (Å²) >= 11 is 0. The Morgan fingerprint density at radius 3 is 2.67 bits per heavy atom. The van der Waals surface area contributed by atoms with Crippen LogP contribution < -0.4 is 0 Å². The molecule has 1 aliphatic rings. The van der Waals surface area contributed by atoms with Crippen molar-refractivity contribution in [1.82, 2.24) is 0 Å². The number of alkyl halides is 1. The second kappa shape index (κ2) is 3.71. The molecule has 0 aliphatic carbocycles.